The first-order chi connectivity index (χ1) is 16.6. The van der Waals surface area contributed by atoms with Crippen LogP contribution < -0.4 is 10.2 Å². The highest BCUT2D eigenvalue weighted by atomic mass is 16.3. The van der Waals surface area contributed by atoms with Crippen LogP contribution in [0.15, 0.2) is 54.7 Å². The number of carbonyl (C=O) groups is 1. The maximum Gasteiger partial charge on any atom is 0.252 e. The van der Waals surface area contributed by atoms with Gasteiger partial charge < -0.3 is 15.3 Å². The summed E-state index contributed by atoms with van der Waals surface area (Å²) < 4.78 is 0. The van der Waals surface area contributed by atoms with E-state index in [2.05, 4.69) is 39.5 Å². The predicted molar refractivity (Wildman–Crippen MR) is 131 cm³/mol. The van der Waals surface area contributed by atoms with Crippen molar-refractivity contribution in [3.8, 4) is 17.3 Å². The van der Waals surface area contributed by atoms with Crippen molar-refractivity contribution >= 4 is 11.6 Å². The number of hydrogen-bond acceptors (Lipinski definition) is 6. The second-order valence-electron chi connectivity index (χ2n) is 8.69. The number of hydrogen-bond donors (Lipinski definition) is 2. The molecule has 0 saturated carbocycles. The van der Waals surface area contributed by atoms with Crippen molar-refractivity contribution in [1.82, 2.24) is 15.3 Å². The fraction of sp³-hybridized carbons (Fsp3) is 0.333. The third kappa shape index (κ3) is 5.59. The van der Waals surface area contributed by atoms with Crippen molar-refractivity contribution in [2.24, 2.45) is 5.92 Å². The van der Waals surface area contributed by atoms with Gasteiger partial charge in [-0.25, -0.2) is 9.97 Å². The van der Waals surface area contributed by atoms with Crippen LogP contribution in [0, 0.1) is 24.2 Å². The zero-order valence-electron chi connectivity index (χ0n) is 19.4. The lowest BCUT2D eigenvalue weighted by Gasteiger charge is -2.32. The zero-order valence-corrected chi connectivity index (χ0v) is 19.4. The van der Waals surface area contributed by atoms with Gasteiger partial charge in [0.15, 0.2) is 0 Å². The third-order valence-corrected chi connectivity index (χ3v) is 6.31. The Morgan fingerprint density at radius 1 is 1.15 bits per heavy atom. The van der Waals surface area contributed by atoms with Crippen molar-refractivity contribution in [2.45, 2.75) is 26.2 Å². The Morgan fingerprint density at radius 2 is 1.85 bits per heavy atom. The van der Waals surface area contributed by atoms with E-state index in [-0.39, 0.29) is 19.1 Å². The molecule has 0 aliphatic carbocycles. The van der Waals surface area contributed by atoms with Gasteiger partial charge in [0.2, 0.25) is 0 Å². The van der Waals surface area contributed by atoms with Crippen LogP contribution in [0.2, 0.25) is 0 Å². The van der Waals surface area contributed by atoms with Crippen LogP contribution in [-0.4, -0.2) is 47.2 Å². The van der Waals surface area contributed by atoms with Gasteiger partial charge in [-0.1, -0.05) is 24.3 Å². The van der Waals surface area contributed by atoms with Gasteiger partial charge in [0.25, 0.3) is 5.91 Å². The summed E-state index contributed by atoms with van der Waals surface area (Å²) in [4.78, 5) is 23.7. The lowest BCUT2D eigenvalue weighted by atomic mass is 9.97. The number of amides is 1. The Kier molecular flexibility index (Phi) is 7.51. The summed E-state index contributed by atoms with van der Waals surface area (Å²) in [7, 11) is 0. The van der Waals surface area contributed by atoms with E-state index < -0.39 is 0 Å². The molecule has 1 saturated heterocycles. The van der Waals surface area contributed by atoms with Gasteiger partial charge in [-0.3, -0.25) is 4.79 Å². The number of anilines is 1. The fourth-order valence-corrected chi connectivity index (χ4v) is 4.24. The molecule has 1 aliphatic rings. The van der Waals surface area contributed by atoms with E-state index in [1.165, 1.54) is 5.69 Å². The molecule has 0 radical (unpaired) electrons. The first kappa shape index (κ1) is 23.4. The molecule has 2 heterocycles. The molecule has 0 unspecified atom stereocenters. The van der Waals surface area contributed by atoms with Crippen LogP contribution >= 0.6 is 0 Å². The van der Waals surface area contributed by atoms with Crippen LogP contribution in [-0.2, 0) is 6.42 Å². The molecule has 0 bridgehead atoms. The van der Waals surface area contributed by atoms with Gasteiger partial charge in [-0.2, -0.15) is 5.26 Å². The van der Waals surface area contributed by atoms with Gasteiger partial charge in [-0.05, 0) is 61.1 Å². The summed E-state index contributed by atoms with van der Waals surface area (Å²) in [5, 5.41) is 20.5. The molecular weight excluding hydrogens is 426 g/mol. The first-order valence-electron chi connectivity index (χ1n) is 11.6. The molecule has 4 rings (SSSR count). The molecule has 1 amide bonds. The topological polar surface area (TPSA) is 102 Å². The molecule has 1 aromatic heterocycles. The number of aromatic nitrogens is 2. The average Bonchev–Trinajstić information content (AvgIpc) is 2.89. The molecular formula is C27H29N5O2. The quantitative estimate of drug-likeness (QED) is 0.529. The monoisotopic (exact) mass is 455 g/mol. The predicted octanol–water partition coefficient (Wildman–Crippen LogP) is 3.50. The van der Waals surface area contributed by atoms with Crippen LogP contribution in [0.3, 0.4) is 0 Å². The number of nitrogens with zero attached hydrogens (tertiary/aromatic N) is 4. The molecule has 7 nitrogen and oxygen atoms in total. The average molecular weight is 456 g/mol. The number of aliphatic hydroxyl groups is 1. The number of aliphatic hydroxyl groups excluding tert-OH is 1. The summed E-state index contributed by atoms with van der Waals surface area (Å²) in [5.41, 5.74) is 5.59. The van der Waals surface area contributed by atoms with Gasteiger partial charge >= 0.3 is 0 Å². The zero-order chi connectivity index (χ0) is 23.9. The third-order valence-electron chi connectivity index (χ3n) is 6.31. The molecule has 0 spiro atoms. The Balaban J connectivity index is 1.44. The number of aryl methyl sites for hydroxylation is 1. The molecule has 2 aromatic carbocycles. The number of nitriles is 1. The minimum Gasteiger partial charge on any atom is -0.396 e. The van der Waals surface area contributed by atoms with Crippen molar-refractivity contribution in [1.29, 1.82) is 5.26 Å². The maximum absolute atomic E-state index is 12.0. The highest BCUT2D eigenvalue weighted by Gasteiger charge is 2.18. The standard InChI is InChI=1S/C27H29N5O2/c1-19-17-30-25(31-26(19)22-4-6-23(7-5-22)27(34)29-13-12-28)16-20-2-8-24(9-3-20)32-14-10-21(18-33)11-15-32/h2-9,17,21,33H,10-11,13-16,18H2,1H3,(H,29,34). The van der Waals surface area contributed by atoms with Crippen molar-refractivity contribution < 1.29 is 9.90 Å². The molecule has 2 N–H and O–H groups in total. The van der Waals surface area contributed by atoms with E-state index >= 15 is 0 Å². The molecule has 34 heavy (non-hydrogen) atoms. The summed E-state index contributed by atoms with van der Waals surface area (Å²) >= 11 is 0. The van der Waals surface area contributed by atoms with Crippen molar-refractivity contribution in [3.05, 3.63) is 77.2 Å². The van der Waals surface area contributed by atoms with Crippen molar-refractivity contribution in [2.75, 3.05) is 31.1 Å². The normalized spacial score (nSPS) is 14.0. The Bertz CT molecular complexity index is 1160. The van der Waals surface area contributed by atoms with Crippen LogP contribution in [0.1, 0.15) is 40.2 Å². The van der Waals surface area contributed by atoms with Gasteiger partial charge in [-0.15, -0.1) is 0 Å². The van der Waals surface area contributed by atoms with E-state index in [1.807, 2.05) is 31.3 Å². The van der Waals surface area contributed by atoms with Gasteiger partial charge in [0.05, 0.1) is 11.8 Å². The second kappa shape index (κ2) is 10.9. The van der Waals surface area contributed by atoms with Gasteiger partial charge in [0.1, 0.15) is 12.4 Å². The minimum absolute atomic E-state index is 0.0157. The van der Waals surface area contributed by atoms with Crippen LogP contribution in [0.4, 0.5) is 5.69 Å². The molecule has 0 atom stereocenters. The number of carbonyl (C=O) groups excluding carboxylic acids is 1. The van der Waals surface area contributed by atoms with E-state index in [1.54, 1.807) is 12.1 Å². The van der Waals surface area contributed by atoms with Gasteiger partial charge in [0, 0.05) is 49.1 Å². The Labute approximate surface area is 200 Å². The lowest BCUT2D eigenvalue weighted by Crippen LogP contribution is -2.34. The van der Waals surface area contributed by atoms with E-state index in [4.69, 9.17) is 10.2 Å². The van der Waals surface area contributed by atoms with E-state index in [0.717, 1.165) is 54.1 Å². The lowest BCUT2D eigenvalue weighted by molar-refractivity contribution is 0.0958. The fourth-order valence-electron chi connectivity index (χ4n) is 4.24. The molecule has 174 valence electrons. The van der Waals surface area contributed by atoms with E-state index in [9.17, 15) is 9.90 Å². The summed E-state index contributed by atoms with van der Waals surface area (Å²) in [6, 6.07) is 17.7. The highest BCUT2D eigenvalue weighted by molar-refractivity contribution is 5.94. The summed E-state index contributed by atoms with van der Waals surface area (Å²) in [6.07, 6.45) is 4.53. The first-order valence-corrected chi connectivity index (χ1v) is 11.6. The molecule has 3 aromatic rings. The van der Waals surface area contributed by atoms with E-state index in [0.29, 0.717) is 17.9 Å². The molecule has 1 aliphatic heterocycles. The Hall–Kier alpha value is -3.76. The molecule has 7 heteroatoms. The minimum atomic E-state index is -0.269. The maximum atomic E-state index is 12.0. The molecule has 1 fully saturated rings. The van der Waals surface area contributed by atoms with Crippen LogP contribution in [0.5, 0.6) is 0 Å². The summed E-state index contributed by atoms with van der Waals surface area (Å²) in [6.45, 7) is 4.20. The smallest absolute Gasteiger partial charge is 0.252 e. The Morgan fingerprint density at radius 3 is 2.50 bits per heavy atom. The number of benzene rings is 2. The SMILES string of the molecule is Cc1cnc(Cc2ccc(N3CCC(CO)CC3)cc2)nc1-c1ccc(C(=O)NCC#N)cc1. The number of rotatable bonds is 7. The number of piperidine rings is 1. The number of nitrogens with one attached hydrogen (secondary N) is 1. The second-order valence-corrected chi connectivity index (χ2v) is 8.69. The summed E-state index contributed by atoms with van der Waals surface area (Å²) in [5.74, 6) is 0.905. The largest absolute Gasteiger partial charge is 0.396 e. The van der Waals surface area contributed by atoms with Crippen LogP contribution in [0.25, 0.3) is 11.3 Å². The highest BCUT2D eigenvalue weighted by Crippen LogP contribution is 2.25. The van der Waals surface area contributed by atoms with Crippen molar-refractivity contribution in [3.63, 3.8) is 0 Å².